The van der Waals surface area contributed by atoms with Gasteiger partial charge in [0.15, 0.2) is 5.82 Å². The second kappa shape index (κ2) is 10.2. The van der Waals surface area contributed by atoms with Crippen LogP contribution in [0.2, 0.25) is 0 Å². The van der Waals surface area contributed by atoms with E-state index in [0.29, 0.717) is 41.6 Å². The number of aromatic nitrogens is 3. The van der Waals surface area contributed by atoms with Crippen LogP contribution in [-0.2, 0) is 6.42 Å². The van der Waals surface area contributed by atoms with Crippen LogP contribution < -0.4 is 15.4 Å². The Balaban J connectivity index is 1.29. The summed E-state index contributed by atoms with van der Waals surface area (Å²) in [4.78, 5) is 17.3. The fraction of sp³-hybridized carbons (Fsp3) is 0.261. The highest BCUT2D eigenvalue weighted by Crippen LogP contribution is 2.23. The number of urea groups is 1. The lowest BCUT2D eigenvalue weighted by Gasteiger charge is -2.09. The van der Waals surface area contributed by atoms with Crippen molar-refractivity contribution in [2.75, 3.05) is 18.5 Å². The van der Waals surface area contributed by atoms with E-state index in [4.69, 9.17) is 4.74 Å². The van der Waals surface area contributed by atoms with Gasteiger partial charge in [-0.2, -0.15) is 4.98 Å². The van der Waals surface area contributed by atoms with Crippen LogP contribution in [0.3, 0.4) is 0 Å². The predicted octanol–water partition coefficient (Wildman–Crippen LogP) is 5.14. The molecule has 0 aliphatic heterocycles. The van der Waals surface area contributed by atoms with Gasteiger partial charge in [-0.15, -0.1) is 16.4 Å². The molecule has 0 spiro atoms. The summed E-state index contributed by atoms with van der Waals surface area (Å²) in [6.07, 6.45) is 2.66. The van der Waals surface area contributed by atoms with E-state index >= 15 is 0 Å². The maximum Gasteiger partial charge on any atom is 0.319 e. The summed E-state index contributed by atoms with van der Waals surface area (Å²) in [6, 6.07) is 13.4. The van der Waals surface area contributed by atoms with Gasteiger partial charge >= 0.3 is 6.03 Å². The average Bonchev–Trinajstić information content (AvgIpc) is 3.37. The van der Waals surface area contributed by atoms with Crippen molar-refractivity contribution in [1.82, 2.24) is 19.9 Å². The van der Waals surface area contributed by atoms with Gasteiger partial charge in [0.1, 0.15) is 11.6 Å². The Bertz CT molecular complexity index is 1190. The Kier molecular flexibility index (Phi) is 6.96. The van der Waals surface area contributed by atoms with Gasteiger partial charge in [-0.1, -0.05) is 25.5 Å². The smallest absolute Gasteiger partial charge is 0.319 e. The van der Waals surface area contributed by atoms with Gasteiger partial charge < -0.3 is 15.4 Å². The molecule has 2 N–H and O–H groups in total. The fourth-order valence-electron chi connectivity index (χ4n) is 3.10. The zero-order valence-electron chi connectivity index (χ0n) is 17.7. The second-order valence-electron chi connectivity index (χ2n) is 7.19. The number of thiazole rings is 1. The molecule has 0 saturated heterocycles. The Morgan fingerprint density at radius 3 is 2.78 bits per heavy atom. The van der Waals surface area contributed by atoms with Crippen LogP contribution in [-0.4, -0.2) is 33.8 Å². The molecule has 2 aromatic carbocycles. The predicted molar refractivity (Wildman–Crippen MR) is 124 cm³/mol. The highest BCUT2D eigenvalue weighted by atomic mass is 32.1. The molecule has 2 heterocycles. The van der Waals surface area contributed by atoms with Crippen LogP contribution in [0.1, 0.15) is 25.5 Å². The van der Waals surface area contributed by atoms with Crippen molar-refractivity contribution < 1.29 is 13.9 Å². The van der Waals surface area contributed by atoms with E-state index in [1.165, 1.54) is 17.4 Å². The molecular formula is C23H24FN5O2S. The van der Waals surface area contributed by atoms with Crippen LogP contribution in [0.5, 0.6) is 5.75 Å². The van der Waals surface area contributed by atoms with Crippen molar-refractivity contribution in [1.29, 1.82) is 0 Å². The van der Waals surface area contributed by atoms with E-state index in [2.05, 4.69) is 27.6 Å². The number of benzene rings is 2. The number of halogens is 1. The SMILES string of the molecule is CCCCOc1ccc(NC(=O)NCCc2csc3nc(-c4ccccc4F)nn23)cc1. The first-order chi connectivity index (χ1) is 15.6. The van der Waals surface area contributed by atoms with Crippen molar-refractivity contribution >= 4 is 28.0 Å². The summed E-state index contributed by atoms with van der Waals surface area (Å²) in [7, 11) is 0. The molecule has 2 amide bonds. The average molecular weight is 454 g/mol. The first-order valence-electron chi connectivity index (χ1n) is 10.5. The Morgan fingerprint density at radius 2 is 2.00 bits per heavy atom. The summed E-state index contributed by atoms with van der Waals surface area (Å²) in [5, 5.41) is 12.0. The standard InChI is InChI=1S/C23H24FN5O2S/c1-2-3-14-31-18-10-8-16(9-11-18)26-22(30)25-13-12-17-15-32-23-27-21(28-29(17)23)19-6-4-5-7-20(19)24/h4-11,15H,2-3,12-14H2,1H3,(H2,25,26,30). The van der Waals surface area contributed by atoms with Gasteiger partial charge in [-0.3, -0.25) is 0 Å². The summed E-state index contributed by atoms with van der Waals surface area (Å²) >= 11 is 1.43. The number of rotatable bonds is 9. The minimum atomic E-state index is -0.355. The molecule has 0 radical (unpaired) electrons. The van der Waals surface area contributed by atoms with Crippen LogP contribution in [0, 0.1) is 5.82 Å². The number of ether oxygens (including phenoxy) is 1. The van der Waals surface area contributed by atoms with E-state index < -0.39 is 0 Å². The van der Waals surface area contributed by atoms with Gasteiger partial charge in [-0.05, 0) is 42.8 Å². The lowest BCUT2D eigenvalue weighted by atomic mass is 10.2. The monoisotopic (exact) mass is 453 g/mol. The molecule has 9 heteroatoms. The van der Waals surface area contributed by atoms with Crippen LogP contribution in [0.15, 0.2) is 53.9 Å². The second-order valence-corrected chi connectivity index (χ2v) is 8.03. The van der Waals surface area contributed by atoms with E-state index in [-0.39, 0.29) is 11.8 Å². The Hall–Kier alpha value is -3.46. The van der Waals surface area contributed by atoms with E-state index in [1.807, 2.05) is 29.6 Å². The van der Waals surface area contributed by atoms with Gasteiger partial charge in [-0.25, -0.2) is 13.7 Å². The molecule has 0 atom stereocenters. The molecule has 0 aliphatic carbocycles. The van der Waals surface area contributed by atoms with Gasteiger partial charge in [0.05, 0.1) is 17.9 Å². The number of fused-ring (bicyclic) bond motifs is 1. The third-order valence-electron chi connectivity index (χ3n) is 4.81. The van der Waals surface area contributed by atoms with E-state index in [0.717, 1.165) is 24.3 Å². The first kappa shape index (κ1) is 21.8. The zero-order valence-corrected chi connectivity index (χ0v) is 18.5. The number of nitrogens with one attached hydrogen (secondary N) is 2. The maximum absolute atomic E-state index is 14.0. The molecule has 166 valence electrons. The molecule has 4 aromatic rings. The number of hydrogen-bond donors (Lipinski definition) is 2. The van der Waals surface area contributed by atoms with Crippen LogP contribution in [0.25, 0.3) is 16.3 Å². The molecule has 0 bridgehead atoms. The highest BCUT2D eigenvalue weighted by Gasteiger charge is 2.14. The fourth-order valence-corrected chi connectivity index (χ4v) is 3.96. The third-order valence-corrected chi connectivity index (χ3v) is 5.68. The molecule has 32 heavy (non-hydrogen) atoms. The number of carbonyl (C=O) groups is 1. The number of hydrogen-bond acceptors (Lipinski definition) is 5. The van der Waals surface area contributed by atoms with Crippen molar-refractivity contribution in [3.05, 3.63) is 65.4 Å². The summed E-state index contributed by atoms with van der Waals surface area (Å²) in [6.45, 7) is 3.23. The van der Waals surface area contributed by atoms with E-state index in [1.54, 1.807) is 22.7 Å². The van der Waals surface area contributed by atoms with Crippen LogP contribution >= 0.6 is 11.3 Å². The van der Waals surface area contributed by atoms with Crippen molar-refractivity contribution in [3.8, 4) is 17.1 Å². The Morgan fingerprint density at radius 1 is 1.19 bits per heavy atom. The van der Waals surface area contributed by atoms with Gasteiger partial charge in [0, 0.05) is 24.0 Å². The first-order valence-corrected chi connectivity index (χ1v) is 11.4. The Labute approximate surface area is 189 Å². The lowest BCUT2D eigenvalue weighted by Crippen LogP contribution is -2.30. The highest BCUT2D eigenvalue weighted by molar-refractivity contribution is 7.15. The molecule has 2 aromatic heterocycles. The third kappa shape index (κ3) is 5.23. The van der Waals surface area contributed by atoms with Gasteiger partial charge in [0.25, 0.3) is 0 Å². The van der Waals surface area contributed by atoms with E-state index in [9.17, 15) is 9.18 Å². The van der Waals surface area contributed by atoms with Crippen molar-refractivity contribution in [2.45, 2.75) is 26.2 Å². The quantitative estimate of drug-likeness (QED) is 0.344. The zero-order chi connectivity index (χ0) is 22.3. The van der Waals surface area contributed by atoms with Crippen LogP contribution in [0.4, 0.5) is 14.9 Å². The molecule has 0 aliphatic rings. The number of unbranched alkanes of at least 4 members (excludes halogenated alkanes) is 1. The molecule has 4 rings (SSSR count). The number of anilines is 1. The summed E-state index contributed by atoms with van der Waals surface area (Å²) < 4.78 is 21.3. The number of carbonyl (C=O) groups excluding carboxylic acids is 1. The topological polar surface area (TPSA) is 80.5 Å². The van der Waals surface area contributed by atoms with Gasteiger partial charge in [0.2, 0.25) is 4.96 Å². The molecule has 7 nitrogen and oxygen atoms in total. The van der Waals surface area contributed by atoms with Crippen molar-refractivity contribution in [3.63, 3.8) is 0 Å². The maximum atomic E-state index is 14.0. The normalized spacial score (nSPS) is 10.9. The number of amides is 2. The molecule has 0 saturated carbocycles. The lowest BCUT2D eigenvalue weighted by molar-refractivity contribution is 0.252. The number of nitrogens with zero attached hydrogens (tertiary/aromatic N) is 3. The largest absolute Gasteiger partial charge is 0.494 e. The minimum absolute atomic E-state index is 0.290. The minimum Gasteiger partial charge on any atom is -0.494 e. The molecule has 0 unspecified atom stereocenters. The van der Waals surface area contributed by atoms with Crippen molar-refractivity contribution in [2.24, 2.45) is 0 Å². The summed E-state index contributed by atoms with van der Waals surface area (Å²) in [5.41, 5.74) is 1.96. The molecular weight excluding hydrogens is 429 g/mol. The molecule has 0 fully saturated rings. The summed E-state index contributed by atoms with van der Waals surface area (Å²) in [5.74, 6) is 0.781.